The maximum absolute atomic E-state index is 6.39. The Morgan fingerprint density at radius 1 is 1.10 bits per heavy atom. The molecule has 1 fully saturated rings. The molecule has 1 aliphatic heterocycles. The van der Waals surface area contributed by atoms with E-state index in [0.717, 1.165) is 23.6 Å². The van der Waals surface area contributed by atoms with Crippen molar-refractivity contribution in [2.75, 3.05) is 11.4 Å². The topological polar surface area (TPSA) is 29.0 Å². The monoisotopic (exact) mass is 425 g/mol. The number of aromatic nitrogens is 2. The lowest BCUT2D eigenvalue weighted by molar-refractivity contribution is 0.448. The molecule has 0 amide bonds. The van der Waals surface area contributed by atoms with Crippen molar-refractivity contribution in [3.05, 3.63) is 39.5 Å². The summed E-state index contributed by atoms with van der Waals surface area (Å²) in [5.41, 5.74) is 5.67. The van der Waals surface area contributed by atoms with Crippen LogP contribution in [0.3, 0.4) is 0 Å². The zero-order valence-electron chi connectivity index (χ0n) is 17.3. The van der Waals surface area contributed by atoms with Gasteiger partial charge in [-0.25, -0.2) is 4.98 Å². The predicted octanol–water partition coefficient (Wildman–Crippen LogP) is 6.97. The number of hydrogen-bond donors (Lipinski definition) is 0. The molecule has 29 heavy (non-hydrogen) atoms. The first-order valence-electron chi connectivity index (χ1n) is 11.0. The molecule has 2 aliphatic rings. The SMILES string of the molecule is CCC1CCCCN1c1nc(Cl)nc2sc(C)c(-c3ccc4c(c3)CCCC4)c12. The third kappa shape index (κ3) is 3.44. The van der Waals surface area contributed by atoms with Gasteiger partial charge in [-0.15, -0.1) is 11.3 Å². The van der Waals surface area contributed by atoms with Crippen LogP contribution < -0.4 is 4.90 Å². The molecule has 1 aromatic carbocycles. The summed E-state index contributed by atoms with van der Waals surface area (Å²) in [6.07, 6.45) is 9.93. The second kappa shape index (κ2) is 7.88. The summed E-state index contributed by atoms with van der Waals surface area (Å²) in [6, 6.07) is 7.62. The van der Waals surface area contributed by atoms with E-state index in [4.69, 9.17) is 16.6 Å². The van der Waals surface area contributed by atoms with Crippen molar-refractivity contribution in [1.82, 2.24) is 9.97 Å². The summed E-state index contributed by atoms with van der Waals surface area (Å²) < 4.78 is 0. The van der Waals surface area contributed by atoms with E-state index in [1.807, 2.05) is 0 Å². The van der Waals surface area contributed by atoms with E-state index in [0.29, 0.717) is 11.3 Å². The Morgan fingerprint density at radius 3 is 2.76 bits per heavy atom. The lowest BCUT2D eigenvalue weighted by Crippen LogP contribution is -2.39. The predicted molar refractivity (Wildman–Crippen MR) is 125 cm³/mol. The smallest absolute Gasteiger partial charge is 0.225 e. The Morgan fingerprint density at radius 2 is 1.93 bits per heavy atom. The Hall–Kier alpha value is -1.65. The highest BCUT2D eigenvalue weighted by Crippen LogP contribution is 2.44. The molecule has 1 aliphatic carbocycles. The lowest BCUT2D eigenvalue weighted by Gasteiger charge is -2.36. The molecule has 0 N–H and O–H groups in total. The first-order chi connectivity index (χ1) is 14.2. The average Bonchev–Trinajstić information content (AvgIpc) is 3.08. The summed E-state index contributed by atoms with van der Waals surface area (Å²) >= 11 is 8.14. The normalized spacial score (nSPS) is 19.6. The van der Waals surface area contributed by atoms with Crippen LogP contribution in [0, 0.1) is 6.92 Å². The fourth-order valence-corrected chi connectivity index (χ4v) is 6.47. The molecular weight excluding hydrogens is 398 g/mol. The number of aryl methyl sites for hydroxylation is 3. The van der Waals surface area contributed by atoms with Crippen molar-refractivity contribution in [2.24, 2.45) is 0 Å². The lowest BCUT2D eigenvalue weighted by atomic mass is 9.88. The summed E-state index contributed by atoms with van der Waals surface area (Å²) in [5.74, 6) is 1.05. The minimum atomic E-state index is 0.367. The molecule has 0 spiro atoms. The highest BCUT2D eigenvalue weighted by Gasteiger charge is 2.27. The van der Waals surface area contributed by atoms with Gasteiger partial charge in [-0.3, -0.25) is 0 Å². The van der Waals surface area contributed by atoms with Crippen LogP contribution in [-0.4, -0.2) is 22.6 Å². The van der Waals surface area contributed by atoms with Crippen LogP contribution in [0.15, 0.2) is 18.2 Å². The highest BCUT2D eigenvalue weighted by molar-refractivity contribution is 7.19. The first kappa shape index (κ1) is 19.3. The van der Waals surface area contributed by atoms with E-state index >= 15 is 0 Å². The summed E-state index contributed by atoms with van der Waals surface area (Å²) in [7, 11) is 0. The van der Waals surface area contributed by atoms with Gasteiger partial charge in [0.15, 0.2) is 0 Å². The third-order valence-electron chi connectivity index (χ3n) is 6.69. The molecule has 0 bridgehead atoms. The molecule has 0 radical (unpaired) electrons. The van der Waals surface area contributed by atoms with Crippen LogP contribution in [-0.2, 0) is 12.8 Å². The number of nitrogens with zero attached hydrogens (tertiary/aromatic N) is 3. The van der Waals surface area contributed by atoms with Gasteiger partial charge >= 0.3 is 0 Å². The van der Waals surface area contributed by atoms with Gasteiger partial charge in [0.25, 0.3) is 0 Å². The number of rotatable bonds is 3. The van der Waals surface area contributed by atoms with E-state index in [1.54, 1.807) is 11.3 Å². The minimum absolute atomic E-state index is 0.367. The molecular formula is C24H28ClN3S. The van der Waals surface area contributed by atoms with Crippen molar-refractivity contribution in [1.29, 1.82) is 0 Å². The Bertz CT molecular complexity index is 1060. The second-order valence-corrected chi connectivity index (χ2v) is 10.0. The third-order valence-corrected chi connectivity index (χ3v) is 7.86. The Labute approximate surface area is 182 Å². The fraction of sp³-hybridized carbons (Fsp3) is 0.500. The molecule has 1 saturated heterocycles. The van der Waals surface area contributed by atoms with Gasteiger partial charge in [0, 0.05) is 23.0 Å². The largest absolute Gasteiger partial charge is 0.353 e. The molecule has 1 atom stereocenters. The van der Waals surface area contributed by atoms with Crippen molar-refractivity contribution in [3.63, 3.8) is 0 Å². The van der Waals surface area contributed by atoms with Gasteiger partial charge in [-0.2, -0.15) is 4.98 Å². The number of anilines is 1. The summed E-state index contributed by atoms with van der Waals surface area (Å²) in [5, 5.41) is 1.57. The zero-order chi connectivity index (χ0) is 20.0. The van der Waals surface area contributed by atoms with Gasteiger partial charge in [0.2, 0.25) is 5.28 Å². The summed E-state index contributed by atoms with van der Waals surface area (Å²) in [6.45, 7) is 5.55. The van der Waals surface area contributed by atoms with Crippen LogP contribution in [0.1, 0.15) is 61.5 Å². The van der Waals surface area contributed by atoms with Crippen molar-refractivity contribution >= 4 is 39.0 Å². The molecule has 1 unspecified atom stereocenters. The van der Waals surface area contributed by atoms with Crippen LogP contribution in [0.25, 0.3) is 21.3 Å². The van der Waals surface area contributed by atoms with Crippen molar-refractivity contribution < 1.29 is 0 Å². The summed E-state index contributed by atoms with van der Waals surface area (Å²) in [4.78, 5) is 14.3. The van der Waals surface area contributed by atoms with Crippen molar-refractivity contribution in [2.45, 2.75) is 71.3 Å². The van der Waals surface area contributed by atoms with E-state index < -0.39 is 0 Å². The number of thiophene rings is 1. The number of benzene rings is 1. The van der Waals surface area contributed by atoms with Gasteiger partial charge in [-0.1, -0.05) is 25.1 Å². The van der Waals surface area contributed by atoms with Gasteiger partial charge in [0.05, 0.1) is 5.39 Å². The molecule has 3 aromatic rings. The van der Waals surface area contributed by atoms with Gasteiger partial charge in [0.1, 0.15) is 10.6 Å². The van der Waals surface area contributed by atoms with Crippen LogP contribution in [0.4, 0.5) is 5.82 Å². The van der Waals surface area contributed by atoms with E-state index in [1.165, 1.54) is 77.5 Å². The number of hydrogen-bond acceptors (Lipinski definition) is 4. The number of halogens is 1. The molecule has 152 valence electrons. The maximum Gasteiger partial charge on any atom is 0.225 e. The number of fused-ring (bicyclic) bond motifs is 2. The van der Waals surface area contributed by atoms with Crippen LogP contribution in [0.2, 0.25) is 5.28 Å². The average molecular weight is 426 g/mol. The van der Waals surface area contributed by atoms with E-state index in [9.17, 15) is 0 Å². The molecule has 5 rings (SSSR count). The highest BCUT2D eigenvalue weighted by atomic mass is 35.5. The Kier molecular flexibility index (Phi) is 5.25. The maximum atomic E-state index is 6.39. The second-order valence-electron chi connectivity index (χ2n) is 8.47. The van der Waals surface area contributed by atoms with Gasteiger partial charge in [-0.05, 0) is 86.6 Å². The minimum Gasteiger partial charge on any atom is -0.353 e. The molecule has 5 heteroatoms. The quantitative estimate of drug-likeness (QED) is 0.424. The van der Waals surface area contributed by atoms with E-state index in [-0.39, 0.29) is 0 Å². The zero-order valence-corrected chi connectivity index (χ0v) is 18.9. The van der Waals surface area contributed by atoms with E-state index in [2.05, 4.69) is 41.9 Å². The molecule has 3 heterocycles. The fourth-order valence-electron chi connectivity index (χ4n) is 5.22. The first-order valence-corrected chi connectivity index (χ1v) is 12.2. The standard InChI is InChI=1S/C24H28ClN3S/c1-3-19-10-6-7-13-28(19)22-21-20(15(2)29-23(21)27-24(25)26-22)18-12-11-16-8-4-5-9-17(16)14-18/h11-12,14,19H,3-10,13H2,1-2H3. The molecule has 0 saturated carbocycles. The van der Waals surface area contributed by atoms with Crippen LogP contribution >= 0.6 is 22.9 Å². The van der Waals surface area contributed by atoms with Gasteiger partial charge < -0.3 is 4.90 Å². The number of piperidine rings is 1. The van der Waals surface area contributed by atoms with Crippen molar-refractivity contribution in [3.8, 4) is 11.1 Å². The molecule has 3 nitrogen and oxygen atoms in total. The Balaban J connectivity index is 1.71. The molecule has 2 aromatic heterocycles. The van der Waals surface area contributed by atoms with Crippen LogP contribution in [0.5, 0.6) is 0 Å².